The van der Waals surface area contributed by atoms with Crippen molar-refractivity contribution in [2.75, 3.05) is 0 Å². The Kier molecular flexibility index (Phi) is 1.10. The molecule has 3 rings (SSSR count). The van der Waals surface area contributed by atoms with E-state index in [2.05, 4.69) is 9.97 Å². The van der Waals surface area contributed by atoms with Crippen LogP contribution in [-0.2, 0) is 6.42 Å². The summed E-state index contributed by atoms with van der Waals surface area (Å²) in [5.41, 5.74) is 1.77. The first-order valence-electron chi connectivity index (χ1n) is 4.10. The van der Waals surface area contributed by atoms with Gasteiger partial charge in [-0.3, -0.25) is 14.8 Å². The van der Waals surface area contributed by atoms with Crippen LogP contribution in [0.15, 0.2) is 24.8 Å². The standard InChI is InChI=1S/C10H6N2O/c13-9-1-6-2-11-3-7-4-12-5-8(9)10(6)7/h2-5H,1H2. The van der Waals surface area contributed by atoms with Crippen molar-refractivity contribution in [3.8, 4) is 0 Å². The summed E-state index contributed by atoms with van der Waals surface area (Å²) in [7, 11) is 0. The zero-order valence-corrected chi connectivity index (χ0v) is 6.82. The summed E-state index contributed by atoms with van der Waals surface area (Å²) in [5, 5.41) is 2.00. The molecule has 0 radical (unpaired) electrons. The minimum absolute atomic E-state index is 0.154. The molecular formula is C10H6N2O. The van der Waals surface area contributed by atoms with Crippen LogP contribution in [0.25, 0.3) is 10.8 Å². The van der Waals surface area contributed by atoms with Crippen LogP contribution in [-0.4, -0.2) is 15.8 Å². The van der Waals surface area contributed by atoms with Gasteiger partial charge in [-0.25, -0.2) is 0 Å². The summed E-state index contributed by atoms with van der Waals surface area (Å²) in [4.78, 5) is 19.5. The second kappa shape index (κ2) is 2.13. The minimum Gasteiger partial charge on any atom is -0.294 e. The van der Waals surface area contributed by atoms with Crippen molar-refractivity contribution < 1.29 is 4.79 Å². The van der Waals surface area contributed by atoms with Crippen LogP contribution < -0.4 is 0 Å². The van der Waals surface area contributed by atoms with E-state index in [1.807, 2.05) is 0 Å². The lowest BCUT2D eigenvalue weighted by atomic mass is 10.1. The van der Waals surface area contributed by atoms with Gasteiger partial charge in [0.25, 0.3) is 0 Å². The summed E-state index contributed by atoms with van der Waals surface area (Å²) in [6.07, 6.45) is 7.37. The Balaban J connectivity index is 2.58. The van der Waals surface area contributed by atoms with Gasteiger partial charge >= 0.3 is 0 Å². The Morgan fingerprint density at radius 3 is 2.69 bits per heavy atom. The fourth-order valence-electron chi connectivity index (χ4n) is 1.82. The average molecular weight is 170 g/mol. The summed E-state index contributed by atoms with van der Waals surface area (Å²) in [5.74, 6) is 0.154. The number of Topliss-reactive ketones (excluding diaryl/α,β-unsaturated/α-hetero) is 1. The molecule has 0 saturated heterocycles. The number of pyridine rings is 2. The number of rotatable bonds is 0. The van der Waals surface area contributed by atoms with Crippen LogP contribution in [0.3, 0.4) is 0 Å². The van der Waals surface area contributed by atoms with Gasteiger partial charge in [-0.1, -0.05) is 0 Å². The van der Waals surface area contributed by atoms with Crippen LogP contribution in [0.2, 0.25) is 0 Å². The van der Waals surface area contributed by atoms with E-state index in [9.17, 15) is 4.79 Å². The molecule has 62 valence electrons. The number of aromatic nitrogens is 2. The van der Waals surface area contributed by atoms with E-state index in [0.29, 0.717) is 6.42 Å². The van der Waals surface area contributed by atoms with Crippen molar-refractivity contribution >= 4 is 16.6 Å². The summed E-state index contributed by atoms with van der Waals surface area (Å²) >= 11 is 0. The number of hydrogen-bond acceptors (Lipinski definition) is 3. The maximum absolute atomic E-state index is 11.5. The molecule has 3 heteroatoms. The highest BCUT2D eigenvalue weighted by atomic mass is 16.1. The molecule has 0 atom stereocenters. The first-order chi connectivity index (χ1) is 6.36. The molecule has 0 N–H and O–H groups in total. The Morgan fingerprint density at radius 2 is 1.85 bits per heavy atom. The fraction of sp³-hybridized carbons (Fsp3) is 0.100. The normalized spacial score (nSPS) is 14.0. The van der Waals surface area contributed by atoms with Gasteiger partial charge in [0.1, 0.15) is 0 Å². The van der Waals surface area contributed by atoms with Crippen LogP contribution >= 0.6 is 0 Å². The van der Waals surface area contributed by atoms with E-state index in [0.717, 1.165) is 21.9 Å². The minimum atomic E-state index is 0.154. The highest BCUT2D eigenvalue weighted by Crippen LogP contribution is 2.28. The van der Waals surface area contributed by atoms with E-state index in [-0.39, 0.29) is 5.78 Å². The Labute approximate surface area is 74.4 Å². The Bertz CT molecular complexity index is 514. The van der Waals surface area contributed by atoms with Gasteiger partial charge < -0.3 is 0 Å². The van der Waals surface area contributed by atoms with E-state index < -0.39 is 0 Å². The lowest BCUT2D eigenvalue weighted by molar-refractivity contribution is 0.0999. The Hall–Kier alpha value is -1.77. The monoisotopic (exact) mass is 170 g/mol. The SMILES string of the molecule is O=C1Cc2cncc3cncc1c23. The van der Waals surface area contributed by atoms with Gasteiger partial charge in [0, 0.05) is 47.5 Å². The summed E-state index contributed by atoms with van der Waals surface area (Å²) in [6.45, 7) is 0. The lowest BCUT2D eigenvalue weighted by Crippen LogP contribution is -1.93. The van der Waals surface area contributed by atoms with Crippen molar-refractivity contribution in [2.45, 2.75) is 6.42 Å². The van der Waals surface area contributed by atoms with Crippen LogP contribution in [0.1, 0.15) is 15.9 Å². The second-order valence-electron chi connectivity index (χ2n) is 3.18. The predicted molar refractivity (Wildman–Crippen MR) is 47.6 cm³/mol. The number of hydrogen-bond donors (Lipinski definition) is 0. The maximum Gasteiger partial charge on any atom is 0.169 e. The van der Waals surface area contributed by atoms with Gasteiger partial charge in [0.05, 0.1) is 0 Å². The third-order valence-electron chi connectivity index (χ3n) is 2.39. The first kappa shape index (κ1) is 6.71. The first-order valence-corrected chi connectivity index (χ1v) is 4.10. The number of nitrogens with zero attached hydrogens (tertiary/aromatic N) is 2. The molecule has 0 spiro atoms. The molecule has 0 unspecified atom stereocenters. The van der Waals surface area contributed by atoms with E-state index >= 15 is 0 Å². The molecule has 2 heterocycles. The zero-order valence-electron chi connectivity index (χ0n) is 6.82. The van der Waals surface area contributed by atoms with Crippen LogP contribution in [0, 0.1) is 0 Å². The molecule has 0 fully saturated rings. The van der Waals surface area contributed by atoms with Gasteiger partial charge in [-0.2, -0.15) is 0 Å². The van der Waals surface area contributed by atoms with Crippen molar-refractivity contribution in [1.29, 1.82) is 0 Å². The number of carbonyl (C=O) groups is 1. The van der Waals surface area contributed by atoms with Gasteiger partial charge in [0.15, 0.2) is 5.78 Å². The van der Waals surface area contributed by atoms with Gasteiger partial charge in [-0.15, -0.1) is 0 Å². The second-order valence-corrected chi connectivity index (χ2v) is 3.18. The molecule has 2 aromatic heterocycles. The van der Waals surface area contributed by atoms with Crippen LogP contribution in [0.5, 0.6) is 0 Å². The maximum atomic E-state index is 11.5. The van der Waals surface area contributed by atoms with E-state index in [1.54, 1.807) is 24.8 Å². The lowest BCUT2D eigenvalue weighted by Gasteiger charge is -1.96. The molecule has 0 amide bonds. The molecular weight excluding hydrogens is 164 g/mol. The van der Waals surface area contributed by atoms with E-state index in [4.69, 9.17) is 0 Å². The molecule has 2 aromatic rings. The Morgan fingerprint density at radius 1 is 1.08 bits per heavy atom. The van der Waals surface area contributed by atoms with E-state index in [1.165, 1.54) is 0 Å². The van der Waals surface area contributed by atoms with Gasteiger partial charge in [0.2, 0.25) is 0 Å². The third kappa shape index (κ3) is 0.758. The number of ketones is 1. The predicted octanol–water partition coefficient (Wildman–Crippen LogP) is 1.37. The molecule has 1 aliphatic rings. The fourth-order valence-corrected chi connectivity index (χ4v) is 1.82. The summed E-state index contributed by atoms with van der Waals surface area (Å²) in [6, 6.07) is 0. The molecule has 0 saturated carbocycles. The van der Waals surface area contributed by atoms with Crippen molar-refractivity contribution in [2.24, 2.45) is 0 Å². The average Bonchev–Trinajstić information content (AvgIpc) is 2.47. The highest BCUT2D eigenvalue weighted by molar-refractivity contribution is 6.14. The molecule has 13 heavy (non-hydrogen) atoms. The topological polar surface area (TPSA) is 42.9 Å². The van der Waals surface area contributed by atoms with Crippen molar-refractivity contribution in [3.05, 3.63) is 35.9 Å². The van der Waals surface area contributed by atoms with Crippen molar-refractivity contribution in [3.63, 3.8) is 0 Å². The van der Waals surface area contributed by atoms with Crippen LogP contribution in [0.4, 0.5) is 0 Å². The zero-order chi connectivity index (χ0) is 8.84. The molecule has 0 aliphatic heterocycles. The smallest absolute Gasteiger partial charge is 0.169 e. The van der Waals surface area contributed by atoms with Crippen molar-refractivity contribution in [1.82, 2.24) is 9.97 Å². The third-order valence-corrected chi connectivity index (χ3v) is 2.39. The molecule has 3 nitrogen and oxygen atoms in total. The molecule has 0 aromatic carbocycles. The van der Waals surface area contributed by atoms with Gasteiger partial charge in [-0.05, 0) is 5.56 Å². The summed E-state index contributed by atoms with van der Waals surface area (Å²) < 4.78 is 0. The molecule has 1 aliphatic carbocycles. The number of carbonyl (C=O) groups excluding carboxylic acids is 1. The highest BCUT2D eigenvalue weighted by Gasteiger charge is 2.21. The quantitative estimate of drug-likeness (QED) is 0.599. The molecule has 0 bridgehead atoms. The largest absolute Gasteiger partial charge is 0.294 e.